The molecule has 2 rings (SSSR count). The third-order valence-electron chi connectivity index (χ3n) is 3.47. The normalized spacial score (nSPS) is 11.0. The molecule has 0 saturated carbocycles. The maximum absolute atomic E-state index is 11.3. The highest BCUT2D eigenvalue weighted by Gasteiger charge is 2.01. The van der Waals surface area contributed by atoms with Crippen molar-refractivity contribution in [2.75, 3.05) is 21.3 Å². The molecule has 0 saturated heterocycles. The van der Waals surface area contributed by atoms with Gasteiger partial charge in [-0.25, -0.2) is 4.79 Å². The van der Waals surface area contributed by atoms with Gasteiger partial charge in [0, 0.05) is 6.08 Å². The molecule has 124 valence electrons. The van der Waals surface area contributed by atoms with Crippen molar-refractivity contribution in [2.45, 2.75) is 0 Å². The highest BCUT2D eigenvalue weighted by atomic mass is 16.5. The van der Waals surface area contributed by atoms with Crippen LogP contribution in [0.15, 0.2) is 48.5 Å². The fourth-order valence-electron chi connectivity index (χ4n) is 2.10. The van der Waals surface area contributed by atoms with Gasteiger partial charge in [0.05, 0.1) is 21.3 Å². The topological polar surface area (TPSA) is 44.8 Å². The van der Waals surface area contributed by atoms with E-state index >= 15 is 0 Å². The fraction of sp³-hybridized carbons (Fsp3) is 0.150. The lowest BCUT2D eigenvalue weighted by Crippen LogP contribution is -1.94. The fourth-order valence-corrected chi connectivity index (χ4v) is 2.10. The molecule has 0 aromatic heterocycles. The molecule has 0 amide bonds. The van der Waals surface area contributed by atoms with Crippen molar-refractivity contribution in [2.24, 2.45) is 0 Å². The molecule has 0 unspecified atom stereocenters. The maximum Gasteiger partial charge on any atom is 0.330 e. The number of methoxy groups -OCH3 is 3. The SMILES string of the molecule is COC(=O)/C=C/c1cc(OC)ccc1/C=C/c1ccc(OC)cc1. The van der Waals surface area contributed by atoms with Crippen molar-refractivity contribution >= 4 is 24.2 Å². The zero-order chi connectivity index (χ0) is 17.4. The summed E-state index contributed by atoms with van der Waals surface area (Å²) in [5.74, 6) is 1.14. The number of rotatable bonds is 6. The monoisotopic (exact) mass is 324 g/mol. The number of carbonyl (C=O) groups is 1. The van der Waals surface area contributed by atoms with Gasteiger partial charge in [0.2, 0.25) is 0 Å². The average Bonchev–Trinajstić information content (AvgIpc) is 2.64. The minimum atomic E-state index is -0.400. The number of benzene rings is 2. The summed E-state index contributed by atoms with van der Waals surface area (Å²) in [5, 5.41) is 0. The summed E-state index contributed by atoms with van der Waals surface area (Å²) in [6, 6.07) is 13.5. The molecular formula is C20H20O4. The predicted molar refractivity (Wildman–Crippen MR) is 96.0 cm³/mol. The van der Waals surface area contributed by atoms with Crippen LogP contribution in [0.2, 0.25) is 0 Å². The molecule has 0 atom stereocenters. The van der Waals surface area contributed by atoms with Gasteiger partial charge < -0.3 is 14.2 Å². The Morgan fingerprint density at radius 2 is 1.46 bits per heavy atom. The smallest absolute Gasteiger partial charge is 0.330 e. The Labute approximate surface area is 142 Å². The molecule has 4 nitrogen and oxygen atoms in total. The summed E-state index contributed by atoms with van der Waals surface area (Å²) in [5.41, 5.74) is 2.88. The van der Waals surface area contributed by atoms with Crippen molar-refractivity contribution in [3.8, 4) is 11.5 Å². The molecule has 24 heavy (non-hydrogen) atoms. The van der Waals surface area contributed by atoms with Gasteiger partial charge in [-0.1, -0.05) is 30.4 Å². The van der Waals surface area contributed by atoms with Crippen LogP contribution in [-0.2, 0) is 9.53 Å². The standard InChI is InChI=1S/C20H20O4/c1-22-18-10-5-15(6-11-18)4-7-16-8-12-19(23-2)14-17(16)9-13-20(21)24-3/h4-14H,1-3H3/b7-4+,13-9+. The van der Waals surface area contributed by atoms with Gasteiger partial charge in [0.15, 0.2) is 0 Å². The van der Waals surface area contributed by atoms with Crippen LogP contribution < -0.4 is 9.47 Å². The molecule has 0 aliphatic heterocycles. The van der Waals surface area contributed by atoms with Crippen LogP contribution in [0.3, 0.4) is 0 Å². The average molecular weight is 324 g/mol. The summed E-state index contributed by atoms with van der Waals surface area (Å²) in [6.07, 6.45) is 7.08. The molecular weight excluding hydrogens is 304 g/mol. The Bertz CT molecular complexity index is 743. The molecule has 0 radical (unpaired) electrons. The number of ether oxygens (including phenoxy) is 3. The molecule has 0 aliphatic carbocycles. The summed E-state index contributed by atoms with van der Waals surface area (Å²) < 4.78 is 15.0. The predicted octanol–water partition coefficient (Wildman–Crippen LogP) is 4.06. The van der Waals surface area contributed by atoms with Gasteiger partial charge in [0.1, 0.15) is 11.5 Å². The summed E-state index contributed by atoms with van der Waals surface area (Å²) >= 11 is 0. The van der Waals surface area contributed by atoms with E-state index in [2.05, 4.69) is 4.74 Å². The summed E-state index contributed by atoms with van der Waals surface area (Å²) in [6.45, 7) is 0. The lowest BCUT2D eigenvalue weighted by atomic mass is 10.0. The molecule has 0 bridgehead atoms. The number of esters is 1. The van der Waals surface area contributed by atoms with Crippen molar-refractivity contribution in [1.82, 2.24) is 0 Å². The summed E-state index contributed by atoms with van der Waals surface area (Å²) in [7, 11) is 4.60. The largest absolute Gasteiger partial charge is 0.497 e. The molecule has 0 aliphatic rings. The van der Waals surface area contributed by atoms with Crippen LogP contribution in [0.25, 0.3) is 18.2 Å². The van der Waals surface area contributed by atoms with Gasteiger partial charge in [-0.05, 0) is 47.0 Å². The van der Waals surface area contributed by atoms with Crippen LogP contribution in [0.4, 0.5) is 0 Å². The van der Waals surface area contributed by atoms with E-state index in [-0.39, 0.29) is 0 Å². The molecule has 0 fully saturated rings. The Morgan fingerprint density at radius 1 is 0.792 bits per heavy atom. The first kappa shape index (κ1) is 17.3. The van der Waals surface area contributed by atoms with Crippen molar-refractivity contribution in [1.29, 1.82) is 0 Å². The second-order valence-corrected chi connectivity index (χ2v) is 4.96. The van der Waals surface area contributed by atoms with Crippen LogP contribution in [0.1, 0.15) is 16.7 Å². The second kappa shape index (κ2) is 8.58. The van der Waals surface area contributed by atoms with E-state index in [0.717, 1.165) is 28.2 Å². The zero-order valence-corrected chi connectivity index (χ0v) is 14.0. The van der Waals surface area contributed by atoms with Crippen molar-refractivity contribution in [3.05, 3.63) is 65.2 Å². The number of hydrogen-bond donors (Lipinski definition) is 0. The van der Waals surface area contributed by atoms with E-state index in [1.165, 1.54) is 13.2 Å². The van der Waals surface area contributed by atoms with E-state index in [1.54, 1.807) is 20.3 Å². The third kappa shape index (κ3) is 4.74. The quantitative estimate of drug-likeness (QED) is 0.457. The van der Waals surface area contributed by atoms with Crippen LogP contribution in [0.5, 0.6) is 11.5 Å². The second-order valence-electron chi connectivity index (χ2n) is 4.96. The third-order valence-corrected chi connectivity index (χ3v) is 3.47. The zero-order valence-electron chi connectivity index (χ0n) is 14.0. The Hall–Kier alpha value is -3.01. The minimum absolute atomic E-state index is 0.400. The molecule has 0 N–H and O–H groups in total. The van der Waals surface area contributed by atoms with E-state index in [1.807, 2.05) is 54.6 Å². The lowest BCUT2D eigenvalue weighted by molar-refractivity contribution is -0.134. The number of carbonyl (C=O) groups excluding carboxylic acids is 1. The van der Waals surface area contributed by atoms with Crippen molar-refractivity contribution in [3.63, 3.8) is 0 Å². The first-order chi connectivity index (χ1) is 11.7. The number of hydrogen-bond acceptors (Lipinski definition) is 4. The Morgan fingerprint density at radius 3 is 2.08 bits per heavy atom. The molecule has 0 spiro atoms. The van der Waals surface area contributed by atoms with Crippen LogP contribution in [-0.4, -0.2) is 27.3 Å². The van der Waals surface area contributed by atoms with E-state index in [4.69, 9.17) is 9.47 Å². The highest BCUT2D eigenvalue weighted by molar-refractivity contribution is 5.88. The van der Waals surface area contributed by atoms with E-state index < -0.39 is 5.97 Å². The Kier molecular flexibility index (Phi) is 6.20. The van der Waals surface area contributed by atoms with Gasteiger partial charge in [-0.3, -0.25) is 0 Å². The maximum atomic E-state index is 11.3. The van der Waals surface area contributed by atoms with Crippen LogP contribution >= 0.6 is 0 Å². The van der Waals surface area contributed by atoms with Gasteiger partial charge >= 0.3 is 5.97 Å². The van der Waals surface area contributed by atoms with Crippen molar-refractivity contribution < 1.29 is 19.0 Å². The minimum Gasteiger partial charge on any atom is -0.497 e. The van der Waals surface area contributed by atoms with Crippen LogP contribution in [0, 0.1) is 0 Å². The molecule has 2 aromatic carbocycles. The van der Waals surface area contributed by atoms with Gasteiger partial charge in [0.25, 0.3) is 0 Å². The molecule has 0 heterocycles. The highest BCUT2D eigenvalue weighted by Crippen LogP contribution is 2.22. The van der Waals surface area contributed by atoms with Gasteiger partial charge in [-0.15, -0.1) is 0 Å². The molecule has 4 heteroatoms. The van der Waals surface area contributed by atoms with Gasteiger partial charge in [-0.2, -0.15) is 0 Å². The lowest BCUT2D eigenvalue weighted by Gasteiger charge is -2.05. The summed E-state index contributed by atoms with van der Waals surface area (Å²) in [4.78, 5) is 11.3. The first-order valence-corrected chi connectivity index (χ1v) is 7.42. The van der Waals surface area contributed by atoms with E-state index in [0.29, 0.717) is 0 Å². The first-order valence-electron chi connectivity index (χ1n) is 7.42. The molecule has 2 aromatic rings. The Balaban J connectivity index is 2.28. The van der Waals surface area contributed by atoms with E-state index in [9.17, 15) is 4.79 Å².